The second-order valence-electron chi connectivity index (χ2n) is 31.2. The molecule has 0 unspecified atom stereocenters. The number of anilines is 8. The predicted octanol–water partition coefficient (Wildman–Crippen LogP) is 20.9. The number of fused-ring (bicyclic) bond motifs is 12. The van der Waals surface area contributed by atoms with Crippen LogP contribution in [0.5, 0.6) is 0 Å². The molecule has 9 aromatic rings. The van der Waals surface area contributed by atoms with E-state index < -0.39 is 0 Å². The Bertz CT molecular complexity index is 4150. The quantitative estimate of drug-likeness (QED) is 0.159. The summed E-state index contributed by atoms with van der Waals surface area (Å²) < 4.78 is 0. The van der Waals surface area contributed by atoms with Crippen LogP contribution in [0.1, 0.15) is 187 Å². The molecule has 3 aliphatic carbocycles. The average molecular weight is 1100 g/mol. The van der Waals surface area contributed by atoms with Crippen LogP contribution in [-0.4, -0.2) is 6.85 Å². The summed E-state index contributed by atoms with van der Waals surface area (Å²) in [4.78, 5) is 8.09. The molecule has 0 N–H and O–H groups in total. The van der Waals surface area contributed by atoms with Crippen molar-refractivity contribution in [3.8, 4) is 22.3 Å². The van der Waals surface area contributed by atoms with Gasteiger partial charge in [-0.3, -0.25) is 0 Å². The Kier molecular flexibility index (Phi) is 11.8. The monoisotopic (exact) mass is 1100 g/mol. The Hall–Kier alpha value is -7.30. The highest BCUT2D eigenvalue weighted by Crippen LogP contribution is 2.59. The van der Waals surface area contributed by atoms with E-state index in [1.165, 1.54) is 135 Å². The molecular formula is C80H86BN3. The molecule has 0 saturated heterocycles. The van der Waals surface area contributed by atoms with Crippen LogP contribution in [0.25, 0.3) is 33.0 Å². The number of hydrogen-bond donors (Lipinski definition) is 0. The minimum absolute atomic E-state index is 0.000459. The zero-order valence-corrected chi connectivity index (χ0v) is 53.3. The van der Waals surface area contributed by atoms with Gasteiger partial charge >= 0.3 is 6.85 Å². The third kappa shape index (κ3) is 8.11. The van der Waals surface area contributed by atoms with Gasteiger partial charge in [-0.05, 0) is 209 Å². The maximum Gasteiger partial charge on any atom is 0.333 e. The van der Waals surface area contributed by atoms with Crippen molar-refractivity contribution in [2.45, 2.75) is 181 Å². The fourth-order valence-corrected chi connectivity index (χ4v) is 16.0. The number of hydrogen-bond acceptors (Lipinski definition) is 3. The molecule has 2 heterocycles. The highest BCUT2D eigenvalue weighted by molar-refractivity contribution is 6.94. The molecule has 0 bridgehead atoms. The minimum Gasteiger partial charge on any atom is -0.376 e. The normalized spacial score (nSPS) is 18.0. The summed E-state index contributed by atoms with van der Waals surface area (Å²) in [6.07, 6.45) is 4.64. The smallest absolute Gasteiger partial charge is 0.333 e. The first kappa shape index (κ1) is 54.6. The molecule has 0 amide bonds. The second kappa shape index (κ2) is 18.1. The van der Waals surface area contributed by atoms with Crippen LogP contribution in [0.3, 0.4) is 0 Å². The zero-order valence-electron chi connectivity index (χ0n) is 53.3. The highest BCUT2D eigenvalue weighted by Gasteiger charge is 2.51. The van der Waals surface area contributed by atoms with Crippen LogP contribution >= 0.6 is 0 Å². The molecule has 4 heteroatoms. The zero-order chi connectivity index (χ0) is 59.2. The Labute approximate surface area is 503 Å². The summed E-state index contributed by atoms with van der Waals surface area (Å²) >= 11 is 0. The van der Waals surface area contributed by atoms with Crippen molar-refractivity contribution in [3.05, 3.63) is 214 Å². The van der Waals surface area contributed by atoms with E-state index in [2.05, 4.69) is 296 Å². The number of aryl methyl sites for hydroxylation is 1. The van der Waals surface area contributed by atoms with E-state index in [1.54, 1.807) is 0 Å². The van der Waals surface area contributed by atoms with Crippen LogP contribution < -0.4 is 25.5 Å². The van der Waals surface area contributed by atoms with Crippen LogP contribution in [0.2, 0.25) is 0 Å². The first-order chi connectivity index (χ1) is 39.6. The second-order valence-corrected chi connectivity index (χ2v) is 31.2. The maximum absolute atomic E-state index is 2.81. The predicted molar refractivity (Wildman–Crippen MR) is 363 cm³/mol. The van der Waals surface area contributed by atoms with Gasteiger partial charge in [-0.1, -0.05) is 214 Å². The standard InChI is InChI=1S/C80H86BN3/c1-49-44-63-65(79(14,15)43-42-77(63,10)11)48-67(49)83-69-45-50-22-18-19-23-57(50)70-59-36-34-55(82(53-30-26-51(27-31-53)74(2,3)4)54-32-28-52(29-33-54)75(5,6)7)47-68(59)84(56-35-37-61-64(46-56)78(12,13)41-40-76(61,8)9)81(72(69)70)66-39-38-62-71(73(66)83)58-24-20-21-25-60(58)80(62,16)17/h18-39,44-48H,40-43H2,1-17H3. The van der Waals surface area contributed by atoms with Crippen molar-refractivity contribution in [2.24, 2.45) is 0 Å². The SMILES string of the molecule is Cc1cc2c(cc1N1c3cc4ccccc4c4c3B(c3ccc5c(c31)-c1ccccc1C5(C)C)N(c1ccc3c(c1)C(C)(C)CCC3(C)C)c1cc(N(c3ccc(C(C)(C)C)cc3)c3ccc(C(C)(C)C)cc3)ccc1-4)C(C)(C)CCC2(C)C. The van der Waals surface area contributed by atoms with E-state index in [4.69, 9.17) is 0 Å². The van der Waals surface area contributed by atoms with Gasteiger partial charge in [0.05, 0.1) is 5.69 Å². The van der Waals surface area contributed by atoms with Gasteiger partial charge in [0.25, 0.3) is 0 Å². The van der Waals surface area contributed by atoms with Crippen molar-refractivity contribution in [1.29, 1.82) is 0 Å². The lowest BCUT2D eigenvalue weighted by Gasteiger charge is -2.48. The molecule has 424 valence electrons. The molecule has 0 atom stereocenters. The molecule has 0 radical (unpaired) electrons. The summed E-state index contributed by atoms with van der Waals surface area (Å²) in [5, 5.41) is 2.54. The fraction of sp³-hybridized carbons (Fsp3) is 0.350. The molecule has 14 rings (SSSR count). The lowest BCUT2D eigenvalue weighted by atomic mass is 9.42. The number of rotatable bonds is 5. The van der Waals surface area contributed by atoms with Gasteiger partial charge in [-0.2, -0.15) is 0 Å². The van der Waals surface area contributed by atoms with Crippen molar-refractivity contribution < 1.29 is 0 Å². The summed E-state index contributed by atoms with van der Waals surface area (Å²) in [6, 6.07) is 65.3. The van der Waals surface area contributed by atoms with Crippen molar-refractivity contribution in [2.75, 3.05) is 14.6 Å². The van der Waals surface area contributed by atoms with Crippen molar-refractivity contribution >= 4 is 74.0 Å². The third-order valence-electron chi connectivity index (χ3n) is 21.4. The third-order valence-corrected chi connectivity index (χ3v) is 21.4. The molecule has 0 aromatic heterocycles. The van der Waals surface area contributed by atoms with Gasteiger partial charge in [0, 0.05) is 56.4 Å². The van der Waals surface area contributed by atoms with Gasteiger partial charge in [0.2, 0.25) is 0 Å². The molecular weight excluding hydrogens is 1010 g/mol. The fourth-order valence-electron chi connectivity index (χ4n) is 16.0. The van der Waals surface area contributed by atoms with Crippen LogP contribution in [0.4, 0.5) is 45.5 Å². The molecule has 84 heavy (non-hydrogen) atoms. The van der Waals surface area contributed by atoms with Crippen LogP contribution in [0, 0.1) is 6.92 Å². The lowest BCUT2D eigenvalue weighted by Crippen LogP contribution is -2.62. The largest absolute Gasteiger partial charge is 0.376 e. The van der Waals surface area contributed by atoms with E-state index in [0.717, 1.165) is 29.9 Å². The topological polar surface area (TPSA) is 9.72 Å². The van der Waals surface area contributed by atoms with Crippen LogP contribution in [-0.2, 0) is 37.9 Å². The van der Waals surface area contributed by atoms with Gasteiger partial charge in [0.15, 0.2) is 0 Å². The molecule has 9 aromatic carbocycles. The molecule has 5 aliphatic rings. The van der Waals surface area contributed by atoms with E-state index in [0.29, 0.717) is 0 Å². The first-order valence-corrected chi connectivity index (χ1v) is 31.5. The van der Waals surface area contributed by atoms with Gasteiger partial charge in [0.1, 0.15) is 0 Å². The summed E-state index contributed by atoms with van der Waals surface area (Å²) in [5.74, 6) is 0. The van der Waals surface area contributed by atoms with E-state index in [-0.39, 0.29) is 44.8 Å². The van der Waals surface area contributed by atoms with Gasteiger partial charge in [-0.25, -0.2) is 0 Å². The van der Waals surface area contributed by atoms with E-state index >= 15 is 0 Å². The molecule has 0 saturated carbocycles. The number of benzene rings is 9. The van der Waals surface area contributed by atoms with Crippen LogP contribution in [0.15, 0.2) is 164 Å². The lowest BCUT2D eigenvalue weighted by molar-refractivity contribution is 0.332. The average Bonchev–Trinajstić information content (AvgIpc) is 1.07. The van der Waals surface area contributed by atoms with Crippen molar-refractivity contribution in [3.63, 3.8) is 0 Å². The maximum atomic E-state index is 2.81. The summed E-state index contributed by atoms with van der Waals surface area (Å²) in [6.45, 7) is 40.8. The Morgan fingerprint density at radius 2 is 0.964 bits per heavy atom. The molecule has 3 nitrogen and oxygen atoms in total. The Balaban J connectivity index is 1.12. The van der Waals surface area contributed by atoms with Gasteiger partial charge in [-0.15, -0.1) is 0 Å². The molecule has 0 spiro atoms. The summed E-state index contributed by atoms with van der Waals surface area (Å²) in [7, 11) is 0. The van der Waals surface area contributed by atoms with E-state index in [9.17, 15) is 0 Å². The van der Waals surface area contributed by atoms with Crippen molar-refractivity contribution in [1.82, 2.24) is 0 Å². The summed E-state index contributed by atoms with van der Waals surface area (Å²) in [5.41, 5.74) is 30.4. The Morgan fingerprint density at radius 1 is 0.429 bits per heavy atom. The Morgan fingerprint density at radius 3 is 1.58 bits per heavy atom. The molecule has 2 aliphatic heterocycles. The minimum atomic E-state index is -0.206. The number of nitrogens with zero attached hydrogens (tertiary/aromatic N) is 3. The van der Waals surface area contributed by atoms with Gasteiger partial charge < -0.3 is 14.6 Å². The van der Waals surface area contributed by atoms with E-state index in [1.807, 2.05) is 0 Å². The molecule has 0 fully saturated rings. The first-order valence-electron chi connectivity index (χ1n) is 31.5. The highest BCUT2D eigenvalue weighted by atomic mass is 15.2.